The summed E-state index contributed by atoms with van der Waals surface area (Å²) in [5.41, 5.74) is -2.05. The van der Waals surface area contributed by atoms with Gasteiger partial charge in [-0.25, -0.2) is 9.59 Å². The van der Waals surface area contributed by atoms with Crippen molar-refractivity contribution in [1.82, 2.24) is 5.32 Å². The van der Waals surface area contributed by atoms with Gasteiger partial charge in [-0.05, 0) is 26.2 Å². The van der Waals surface area contributed by atoms with Gasteiger partial charge in [0.05, 0.1) is 6.10 Å². The molecule has 6 heteroatoms. The van der Waals surface area contributed by atoms with E-state index < -0.39 is 29.5 Å². The molecule has 108 valence electrons. The van der Waals surface area contributed by atoms with E-state index in [1.807, 2.05) is 6.92 Å². The number of hydrogen-bond donors (Lipinski definition) is 2. The van der Waals surface area contributed by atoms with Crippen LogP contribution in [0.5, 0.6) is 0 Å². The number of hydrogen-bond acceptors (Lipinski definition) is 4. The average molecular weight is 271 g/mol. The van der Waals surface area contributed by atoms with Crippen LogP contribution in [-0.2, 0) is 19.1 Å². The Morgan fingerprint density at radius 1 is 1.47 bits per heavy atom. The van der Waals surface area contributed by atoms with Crippen LogP contribution in [0.25, 0.3) is 0 Å². The summed E-state index contributed by atoms with van der Waals surface area (Å²) >= 11 is 0. The zero-order valence-electron chi connectivity index (χ0n) is 11.6. The highest BCUT2D eigenvalue weighted by Gasteiger charge is 2.48. The normalized spacial score (nSPS) is 14.9. The van der Waals surface area contributed by atoms with Gasteiger partial charge in [0.1, 0.15) is 0 Å². The van der Waals surface area contributed by atoms with E-state index in [4.69, 9.17) is 4.74 Å². The van der Waals surface area contributed by atoms with Crippen LogP contribution in [-0.4, -0.2) is 34.6 Å². The molecule has 0 aromatic rings. The number of aliphatic carboxylic acids is 1. The molecule has 2 unspecified atom stereocenters. The zero-order chi connectivity index (χ0) is 15.1. The summed E-state index contributed by atoms with van der Waals surface area (Å²) in [4.78, 5) is 34.7. The summed E-state index contributed by atoms with van der Waals surface area (Å²) in [6.45, 7) is 8.10. The number of carboxylic acids is 1. The molecule has 0 aliphatic heterocycles. The SMILES string of the molecule is C=CCCC(NC(C)=O)(C(=O)O)C(=O)OC(C)CC. The molecule has 0 saturated heterocycles. The van der Waals surface area contributed by atoms with E-state index in [0.717, 1.165) is 6.92 Å². The maximum absolute atomic E-state index is 12.1. The standard InChI is InChI=1S/C13H21NO5/c1-5-7-8-13(11(16)17,14-10(4)15)12(18)19-9(3)6-2/h5,9H,1,6-8H2,2-4H3,(H,14,15)(H,16,17). The number of allylic oxidation sites excluding steroid dienone is 1. The number of rotatable bonds is 8. The molecule has 0 saturated carbocycles. The van der Waals surface area contributed by atoms with E-state index in [9.17, 15) is 19.5 Å². The molecule has 0 fully saturated rings. The minimum atomic E-state index is -2.05. The predicted molar refractivity (Wildman–Crippen MR) is 69.5 cm³/mol. The smallest absolute Gasteiger partial charge is 0.343 e. The Labute approximate surface area is 112 Å². The van der Waals surface area contributed by atoms with Gasteiger partial charge in [0.15, 0.2) is 0 Å². The number of carbonyl (C=O) groups excluding carboxylic acids is 2. The first-order chi connectivity index (χ1) is 8.80. The van der Waals surface area contributed by atoms with Gasteiger partial charge in [-0.15, -0.1) is 6.58 Å². The van der Waals surface area contributed by atoms with Gasteiger partial charge in [0.25, 0.3) is 0 Å². The van der Waals surface area contributed by atoms with Crippen molar-refractivity contribution in [2.45, 2.75) is 51.7 Å². The summed E-state index contributed by atoms with van der Waals surface area (Å²) < 4.78 is 5.06. The summed E-state index contributed by atoms with van der Waals surface area (Å²) in [7, 11) is 0. The molecule has 19 heavy (non-hydrogen) atoms. The second-order valence-electron chi connectivity index (χ2n) is 4.34. The van der Waals surface area contributed by atoms with Crippen molar-refractivity contribution < 1.29 is 24.2 Å². The van der Waals surface area contributed by atoms with Crippen molar-refractivity contribution in [3.63, 3.8) is 0 Å². The molecule has 0 rings (SSSR count). The highest BCUT2D eigenvalue weighted by Crippen LogP contribution is 2.18. The lowest BCUT2D eigenvalue weighted by Gasteiger charge is -2.28. The second-order valence-corrected chi connectivity index (χ2v) is 4.34. The molecule has 1 amide bonds. The molecule has 0 aliphatic carbocycles. The summed E-state index contributed by atoms with van der Waals surface area (Å²) in [6, 6.07) is 0. The van der Waals surface area contributed by atoms with Crippen LogP contribution < -0.4 is 5.32 Å². The zero-order valence-corrected chi connectivity index (χ0v) is 11.6. The molecule has 2 N–H and O–H groups in total. The van der Waals surface area contributed by atoms with Gasteiger partial charge in [-0.2, -0.15) is 0 Å². The molecule has 0 aliphatic rings. The highest BCUT2D eigenvalue weighted by atomic mass is 16.5. The van der Waals surface area contributed by atoms with Crippen molar-refractivity contribution >= 4 is 17.8 Å². The van der Waals surface area contributed by atoms with Crippen LogP contribution in [0.1, 0.15) is 40.0 Å². The Hall–Kier alpha value is -1.85. The van der Waals surface area contributed by atoms with Crippen LogP contribution >= 0.6 is 0 Å². The maximum Gasteiger partial charge on any atom is 0.343 e. The summed E-state index contributed by atoms with van der Waals surface area (Å²) in [6.07, 6.45) is 1.80. The third-order valence-corrected chi connectivity index (χ3v) is 2.71. The second kappa shape index (κ2) is 7.56. The van der Waals surface area contributed by atoms with Gasteiger partial charge in [0.2, 0.25) is 11.4 Å². The molecule has 0 heterocycles. The highest BCUT2D eigenvalue weighted by molar-refractivity contribution is 6.06. The molecular weight excluding hydrogens is 250 g/mol. The minimum Gasteiger partial charge on any atom is -0.479 e. The maximum atomic E-state index is 12.1. The number of amides is 1. The van der Waals surface area contributed by atoms with E-state index >= 15 is 0 Å². The van der Waals surface area contributed by atoms with Crippen LogP contribution in [0.4, 0.5) is 0 Å². The first-order valence-electron chi connectivity index (χ1n) is 6.14. The molecule has 0 aromatic carbocycles. The molecular formula is C13H21NO5. The number of ether oxygens (including phenoxy) is 1. The molecule has 0 spiro atoms. The lowest BCUT2D eigenvalue weighted by Crippen LogP contribution is -2.60. The van der Waals surface area contributed by atoms with Crippen molar-refractivity contribution in [3.8, 4) is 0 Å². The Bertz CT molecular complexity index is 366. The molecule has 2 atom stereocenters. The van der Waals surface area contributed by atoms with Crippen molar-refractivity contribution in [2.75, 3.05) is 0 Å². The third-order valence-electron chi connectivity index (χ3n) is 2.71. The van der Waals surface area contributed by atoms with Gasteiger partial charge < -0.3 is 15.2 Å². The number of carboxylic acid groups (broad SMARTS) is 1. The molecule has 6 nitrogen and oxygen atoms in total. The van der Waals surface area contributed by atoms with Gasteiger partial charge in [0, 0.05) is 6.92 Å². The van der Waals surface area contributed by atoms with Crippen LogP contribution in [0.2, 0.25) is 0 Å². The largest absolute Gasteiger partial charge is 0.479 e. The lowest BCUT2D eigenvalue weighted by molar-refractivity contribution is -0.168. The fraction of sp³-hybridized carbons (Fsp3) is 0.615. The Kier molecular flexibility index (Phi) is 6.82. The monoisotopic (exact) mass is 271 g/mol. The summed E-state index contributed by atoms with van der Waals surface area (Å²) in [5, 5.41) is 11.5. The Morgan fingerprint density at radius 2 is 2.05 bits per heavy atom. The Morgan fingerprint density at radius 3 is 2.42 bits per heavy atom. The van der Waals surface area contributed by atoms with Crippen LogP contribution in [0.15, 0.2) is 12.7 Å². The number of nitrogens with one attached hydrogen (secondary N) is 1. The topological polar surface area (TPSA) is 92.7 Å². The Balaban J connectivity index is 5.29. The van der Waals surface area contributed by atoms with Gasteiger partial charge >= 0.3 is 11.9 Å². The molecule has 0 aromatic heterocycles. The first-order valence-corrected chi connectivity index (χ1v) is 6.14. The third kappa shape index (κ3) is 4.73. The lowest BCUT2D eigenvalue weighted by atomic mass is 9.93. The van der Waals surface area contributed by atoms with E-state index in [2.05, 4.69) is 11.9 Å². The first kappa shape index (κ1) is 17.2. The van der Waals surface area contributed by atoms with Crippen molar-refractivity contribution in [3.05, 3.63) is 12.7 Å². The van der Waals surface area contributed by atoms with E-state index in [1.165, 1.54) is 6.08 Å². The van der Waals surface area contributed by atoms with Crippen LogP contribution in [0, 0.1) is 0 Å². The fourth-order valence-corrected chi connectivity index (χ4v) is 1.45. The van der Waals surface area contributed by atoms with E-state index in [0.29, 0.717) is 6.42 Å². The van der Waals surface area contributed by atoms with Crippen molar-refractivity contribution in [2.24, 2.45) is 0 Å². The van der Waals surface area contributed by atoms with Crippen molar-refractivity contribution in [1.29, 1.82) is 0 Å². The number of carbonyl (C=O) groups is 3. The van der Waals surface area contributed by atoms with Gasteiger partial charge in [-0.1, -0.05) is 13.0 Å². The van der Waals surface area contributed by atoms with Crippen LogP contribution in [0.3, 0.4) is 0 Å². The minimum absolute atomic E-state index is 0.0965. The number of esters is 1. The van der Waals surface area contributed by atoms with E-state index in [1.54, 1.807) is 6.92 Å². The molecule has 0 radical (unpaired) electrons. The van der Waals surface area contributed by atoms with Gasteiger partial charge in [-0.3, -0.25) is 4.79 Å². The molecule has 0 bridgehead atoms. The summed E-state index contributed by atoms with van der Waals surface area (Å²) in [5.74, 6) is -2.99. The fourth-order valence-electron chi connectivity index (χ4n) is 1.45. The average Bonchev–Trinajstić information content (AvgIpc) is 2.33. The predicted octanol–water partition coefficient (Wildman–Crippen LogP) is 1.25. The quantitative estimate of drug-likeness (QED) is 0.394. The van der Waals surface area contributed by atoms with E-state index in [-0.39, 0.29) is 12.8 Å².